The van der Waals surface area contributed by atoms with Crippen LogP contribution in [0.5, 0.6) is 0 Å². The molecule has 1 N–H and O–H groups in total. The lowest BCUT2D eigenvalue weighted by Crippen LogP contribution is -2.06. The van der Waals surface area contributed by atoms with Gasteiger partial charge in [0.2, 0.25) is 14.9 Å². The summed E-state index contributed by atoms with van der Waals surface area (Å²) in [6.45, 7) is 4.52. The largest absolute Gasteiger partial charge is 0.365 e. The Kier molecular flexibility index (Phi) is 4.71. The van der Waals surface area contributed by atoms with Crippen LogP contribution >= 0.6 is 11.3 Å². The lowest BCUT2D eigenvalue weighted by Gasteiger charge is -2.09. The van der Waals surface area contributed by atoms with E-state index in [1.807, 2.05) is 25.3 Å². The van der Waals surface area contributed by atoms with Gasteiger partial charge in [0.1, 0.15) is 5.82 Å². The Labute approximate surface area is 183 Å². The zero-order valence-corrected chi connectivity index (χ0v) is 18.5. The molecule has 2 aromatic carbocycles. The second-order valence-corrected chi connectivity index (χ2v) is 10.2. The molecule has 31 heavy (non-hydrogen) atoms. The summed E-state index contributed by atoms with van der Waals surface area (Å²) in [4.78, 5) is 4.80. The highest BCUT2D eigenvalue weighted by atomic mass is 32.2. The van der Waals surface area contributed by atoms with E-state index < -0.39 is 9.84 Å². The number of fused-ring (bicyclic) bond motifs is 3. The molecular formula is C22H19N5O2S2. The number of thiophene rings is 1. The maximum atomic E-state index is 13.2. The smallest absolute Gasteiger partial charge is 0.229 e. The first-order chi connectivity index (χ1) is 14.9. The van der Waals surface area contributed by atoms with Gasteiger partial charge >= 0.3 is 0 Å². The number of aryl methyl sites for hydroxylation is 2. The molecule has 5 aromatic rings. The SMILES string of the molecule is Cc1ccc(CNc2nc3c(S(=O)(=O)c4ccc(C)cc4)nnn3c3ccsc23)cc1. The molecule has 0 spiro atoms. The van der Waals surface area contributed by atoms with Crippen LogP contribution in [0.3, 0.4) is 0 Å². The fourth-order valence-electron chi connectivity index (χ4n) is 3.34. The summed E-state index contributed by atoms with van der Waals surface area (Å²) in [5.41, 5.74) is 4.25. The Bertz CT molecular complexity index is 1500. The number of hydrogen-bond acceptors (Lipinski definition) is 7. The maximum Gasteiger partial charge on any atom is 0.229 e. The van der Waals surface area contributed by atoms with Crippen molar-refractivity contribution < 1.29 is 8.42 Å². The summed E-state index contributed by atoms with van der Waals surface area (Å²) in [5.74, 6) is 0.612. The molecule has 0 saturated heterocycles. The van der Waals surface area contributed by atoms with Gasteiger partial charge in [0, 0.05) is 6.54 Å². The van der Waals surface area contributed by atoms with Crippen LogP contribution in [0.2, 0.25) is 0 Å². The molecule has 0 aliphatic carbocycles. The molecule has 3 aromatic heterocycles. The fourth-order valence-corrected chi connectivity index (χ4v) is 5.41. The van der Waals surface area contributed by atoms with Gasteiger partial charge in [-0.05, 0) is 43.0 Å². The zero-order chi connectivity index (χ0) is 21.6. The van der Waals surface area contributed by atoms with Crippen molar-refractivity contribution >= 4 is 42.9 Å². The van der Waals surface area contributed by atoms with Crippen molar-refractivity contribution in [2.24, 2.45) is 0 Å². The number of aromatic nitrogens is 4. The summed E-state index contributed by atoms with van der Waals surface area (Å²) >= 11 is 1.52. The number of hydrogen-bond donors (Lipinski definition) is 1. The van der Waals surface area contributed by atoms with Crippen LogP contribution in [0.15, 0.2) is 69.9 Å². The molecule has 0 aliphatic rings. The monoisotopic (exact) mass is 449 g/mol. The molecule has 3 heterocycles. The highest BCUT2D eigenvalue weighted by Gasteiger charge is 2.27. The number of nitrogens with zero attached hydrogens (tertiary/aromatic N) is 4. The van der Waals surface area contributed by atoms with Crippen molar-refractivity contribution in [1.82, 2.24) is 19.8 Å². The van der Waals surface area contributed by atoms with Crippen molar-refractivity contribution in [2.45, 2.75) is 30.3 Å². The molecule has 0 saturated carbocycles. The van der Waals surface area contributed by atoms with E-state index in [1.54, 1.807) is 24.3 Å². The van der Waals surface area contributed by atoms with Gasteiger partial charge in [0.05, 0.1) is 15.1 Å². The summed E-state index contributed by atoms with van der Waals surface area (Å²) < 4.78 is 28.9. The number of rotatable bonds is 5. The molecule has 9 heteroatoms. The molecule has 0 bridgehead atoms. The van der Waals surface area contributed by atoms with Gasteiger partial charge in [-0.15, -0.1) is 16.4 Å². The Balaban J connectivity index is 1.61. The maximum absolute atomic E-state index is 13.2. The average Bonchev–Trinajstić information content (AvgIpc) is 3.40. The van der Waals surface area contributed by atoms with E-state index in [-0.39, 0.29) is 15.6 Å². The number of sulfone groups is 1. The topological polar surface area (TPSA) is 89.2 Å². The van der Waals surface area contributed by atoms with Crippen LogP contribution in [0.4, 0.5) is 5.82 Å². The van der Waals surface area contributed by atoms with Gasteiger partial charge in [0.15, 0.2) is 5.65 Å². The Hall–Kier alpha value is -3.30. The number of nitrogens with one attached hydrogen (secondary N) is 1. The minimum absolute atomic E-state index is 0.150. The predicted octanol–water partition coefficient (Wildman–Crippen LogP) is 4.40. The average molecular weight is 450 g/mol. The molecule has 0 amide bonds. The van der Waals surface area contributed by atoms with Gasteiger partial charge in [-0.1, -0.05) is 52.7 Å². The van der Waals surface area contributed by atoms with Crippen LogP contribution in [-0.4, -0.2) is 28.2 Å². The minimum atomic E-state index is -3.86. The molecule has 0 aliphatic heterocycles. The van der Waals surface area contributed by atoms with E-state index in [1.165, 1.54) is 21.4 Å². The Morgan fingerprint density at radius 3 is 2.35 bits per heavy atom. The van der Waals surface area contributed by atoms with Crippen molar-refractivity contribution in [3.8, 4) is 0 Å². The predicted molar refractivity (Wildman–Crippen MR) is 121 cm³/mol. The van der Waals surface area contributed by atoms with E-state index >= 15 is 0 Å². The van der Waals surface area contributed by atoms with Crippen molar-refractivity contribution in [1.29, 1.82) is 0 Å². The van der Waals surface area contributed by atoms with Crippen LogP contribution in [0.1, 0.15) is 16.7 Å². The standard InChI is InChI=1S/C22H19N5O2S2/c1-14-3-7-16(8-4-14)13-23-20-19-18(11-12-30-19)27-21(24-20)22(25-26-27)31(28,29)17-9-5-15(2)6-10-17/h3-12H,13H2,1-2H3,(H,23,24). The van der Waals surface area contributed by atoms with Crippen LogP contribution in [0, 0.1) is 13.8 Å². The van der Waals surface area contributed by atoms with Crippen molar-refractivity contribution in [3.63, 3.8) is 0 Å². The molecule has 156 valence electrons. The first-order valence-electron chi connectivity index (χ1n) is 9.67. The van der Waals surface area contributed by atoms with E-state index in [0.29, 0.717) is 12.4 Å². The quantitative estimate of drug-likeness (QED) is 0.428. The van der Waals surface area contributed by atoms with Crippen molar-refractivity contribution in [2.75, 3.05) is 5.32 Å². The van der Waals surface area contributed by atoms with Gasteiger partial charge in [-0.3, -0.25) is 0 Å². The summed E-state index contributed by atoms with van der Waals surface area (Å²) in [6.07, 6.45) is 0. The summed E-state index contributed by atoms with van der Waals surface area (Å²) in [7, 11) is -3.86. The lowest BCUT2D eigenvalue weighted by molar-refractivity contribution is 0.592. The number of anilines is 1. The van der Waals surface area contributed by atoms with E-state index in [9.17, 15) is 8.42 Å². The first-order valence-corrected chi connectivity index (χ1v) is 12.0. The van der Waals surface area contributed by atoms with Crippen molar-refractivity contribution in [3.05, 3.63) is 76.7 Å². The van der Waals surface area contributed by atoms with E-state index in [0.717, 1.165) is 21.3 Å². The van der Waals surface area contributed by atoms with Gasteiger partial charge in [-0.2, -0.15) is 4.52 Å². The molecule has 0 unspecified atom stereocenters. The molecule has 0 atom stereocenters. The second-order valence-electron chi connectivity index (χ2n) is 7.38. The van der Waals surface area contributed by atoms with E-state index in [4.69, 9.17) is 0 Å². The summed E-state index contributed by atoms with van der Waals surface area (Å²) in [5, 5.41) is 13.2. The van der Waals surface area contributed by atoms with Crippen LogP contribution in [0.25, 0.3) is 15.9 Å². The van der Waals surface area contributed by atoms with Gasteiger partial charge < -0.3 is 5.32 Å². The second kappa shape index (κ2) is 7.44. The molecule has 0 fully saturated rings. The van der Waals surface area contributed by atoms with E-state index in [2.05, 4.69) is 44.9 Å². The zero-order valence-electron chi connectivity index (χ0n) is 16.9. The normalized spacial score (nSPS) is 11.9. The highest BCUT2D eigenvalue weighted by molar-refractivity contribution is 7.91. The van der Waals surface area contributed by atoms with Gasteiger partial charge in [0.25, 0.3) is 0 Å². The fraction of sp³-hybridized carbons (Fsp3) is 0.136. The lowest BCUT2D eigenvalue weighted by atomic mass is 10.1. The number of benzene rings is 2. The third-order valence-corrected chi connectivity index (χ3v) is 7.67. The van der Waals surface area contributed by atoms with Crippen LogP contribution < -0.4 is 5.32 Å². The molecular weight excluding hydrogens is 430 g/mol. The minimum Gasteiger partial charge on any atom is -0.365 e. The Morgan fingerprint density at radius 2 is 1.65 bits per heavy atom. The molecule has 5 rings (SSSR count). The first kappa shape index (κ1) is 19.7. The van der Waals surface area contributed by atoms with Gasteiger partial charge in [-0.25, -0.2) is 13.4 Å². The third-order valence-electron chi connectivity index (χ3n) is 5.09. The Morgan fingerprint density at radius 1 is 0.968 bits per heavy atom. The third kappa shape index (κ3) is 3.45. The summed E-state index contributed by atoms with van der Waals surface area (Å²) in [6, 6.07) is 16.8. The van der Waals surface area contributed by atoms with Crippen LogP contribution in [-0.2, 0) is 16.4 Å². The highest BCUT2D eigenvalue weighted by Crippen LogP contribution is 2.31. The molecule has 0 radical (unpaired) electrons. The molecule has 7 nitrogen and oxygen atoms in total.